The Balaban J connectivity index is 1.52. The number of hydrogen-bond donors (Lipinski definition) is 2. The number of benzene rings is 1. The summed E-state index contributed by atoms with van der Waals surface area (Å²) in [4.78, 5) is 0. The van der Waals surface area contributed by atoms with Gasteiger partial charge in [-0.05, 0) is 42.2 Å². The Labute approximate surface area is 145 Å². The van der Waals surface area contributed by atoms with Crippen molar-refractivity contribution in [1.29, 1.82) is 0 Å². The molecule has 2 N–H and O–H groups in total. The molecule has 0 aromatic heterocycles. The van der Waals surface area contributed by atoms with E-state index in [1.165, 1.54) is 11.1 Å². The molecule has 1 saturated heterocycles. The van der Waals surface area contributed by atoms with Crippen LogP contribution in [0, 0.1) is 5.41 Å². The van der Waals surface area contributed by atoms with Crippen LogP contribution in [-0.4, -0.2) is 43.7 Å². The maximum atomic E-state index is 10.3. The molecule has 1 aliphatic carbocycles. The molecule has 0 bridgehead atoms. The van der Waals surface area contributed by atoms with Gasteiger partial charge in [0.25, 0.3) is 0 Å². The van der Waals surface area contributed by atoms with Crippen LogP contribution in [-0.2, 0) is 15.9 Å². The summed E-state index contributed by atoms with van der Waals surface area (Å²) in [5.41, 5.74) is 3.00. The molecule has 134 valence electrons. The molecule has 0 amide bonds. The van der Waals surface area contributed by atoms with E-state index in [-0.39, 0.29) is 17.6 Å². The quantitative estimate of drug-likeness (QED) is 0.840. The molecule has 0 unspecified atom stereocenters. The minimum absolute atomic E-state index is 0.190. The normalized spacial score (nSPS) is 25.2. The minimum Gasteiger partial charge on any atom is -0.389 e. The molecule has 0 saturated carbocycles. The zero-order valence-electron chi connectivity index (χ0n) is 15.0. The average molecular weight is 333 g/mol. The molecular formula is C20H31NO3. The summed E-state index contributed by atoms with van der Waals surface area (Å²) in [7, 11) is 0. The molecule has 1 heterocycles. The molecule has 2 atom stereocenters. The number of ether oxygens (including phenoxy) is 2. The molecule has 1 fully saturated rings. The van der Waals surface area contributed by atoms with Crippen LogP contribution in [0.1, 0.15) is 50.3 Å². The van der Waals surface area contributed by atoms with E-state index in [1.54, 1.807) is 0 Å². The van der Waals surface area contributed by atoms with Crippen LogP contribution in [0.5, 0.6) is 0 Å². The fraction of sp³-hybridized carbons (Fsp3) is 0.700. The van der Waals surface area contributed by atoms with Crippen molar-refractivity contribution in [2.45, 2.75) is 57.8 Å². The van der Waals surface area contributed by atoms with E-state index in [2.05, 4.69) is 43.4 Å². The van der Waals surface area contributed by atoms with Gasteiger partial charge >= 0.3 is 0 Å². The fourth-order valence-electron chi connectivity index (χ4n) is 3.85. The Morgan fingerprint density at radius 2 is 2.04 bits per heavy atom. The van der Waals surface area contributed by atoms with Gasteiger partial charge in [-0.2, -0.15) is 0 Å². The van der Waals surface area contributed by atoms with Gasteiger partial charge in [0.2, 0.25) is 0 Å². The van der Waals surface area contributed by atoms with Crippen molar-refractivity contribution in [1.82, 2.24) is 5.32 Å². The van der Waals surface area contributed by atoms with Crippen LogP contribution in [0.4, 0.5) is 0 Å². The lowest BCUT2D eigenvalue weighted by molar-refractivity contribution is -0.0594. The largest absolute Gasteiger partial charge is 0.389 e. The first kappa shape index (κ1) is 17.9. The topological polar surface area (TPSA) is 50.7 Å². The van der Waals surface area contributed by atoms with Gasteiger partial charge in [0.05, 0.1) is 18.8 Å². The summed E-state index contributed by atoms with van der Waals surface area (Å²) in [6.07, 6.45) is 3.93. The third-order valence-corrected chi connectivity index (χ3v) is 5.44. The van der Waals surface area contributed by atoms with Crippen LogP contribution in [0.3, 0.4) is 0 Å². The number of aryl methyl sites for hydroxylation is 1. The van der Waals surface area contributed by atoms with Gasteiger partial charge in [-0.1, -0.05) is 38.1 Å². The van der Waals surface area contributed by atoms with Crippen LogP contribution in [0.25, 0.3) is 0 Å². The van der Waals surface area contributed by atoms with Gasteiger partial charge in [0, 0.05) is 25.8 Å². The van der Waals surface area contributed by atoms with E-state index in [0.717, 1.165) is 38.9 Å². The number of nitrogens with one attached hydrogen (secondary N) is 1. The Kier molecular flexibility index (Phi) is 5.93. The van der Waals surface area contributed by atoms with Gasteiger partial charge in [-0.25, -0.2) is 0 Å². The predicted molar refractivity (Wildman–Crippen MR) is 95.1 cm³/mol. The molecule has 1 aliphatic heterocycles. The Morgan fingerprint density at radius 1 is 1.29 bits per heavy atom. The maximum Gasteiger partial charge on any atom is 0.0898 e. The van der Waals surface area contributed by atoms with Gasteiger partial charge in [0.1, 0.15) is 0 Å². The molecule has 3 rings (SSSR count). The standard InChI is InChI=1S/C20H31NO3/c1-20(2)10-7-15-5-3-4-6-18(15)19(20)21-13-16(22)14-24-17-8-11-23-12-9-17/h3-6,16-17,19,21-22H,7-14H2,1-2H3/t16-,19+/m1/s1. The Morgan fingerprint density at radius 3 is 2.83 bits per heavy atom. The lowest BCUT2D eigenvalue weighted by Crippen LogP contribution is -2.42. The van der Waals surface area contributed by atoms with Crippen molar-refractivity contribution in [2.75, 3.05) is 26.4 Å². The zero-order chi connectivity index (χ0) is 17.0. The highest BCUT2D eigenvalue weighted by atomic mass is 16.5. The SMILES string of the molecule is CC1(C)CCc2ccccc2[C@@H]1NC[C@@H](O)COC1CCOCC1. The molecule has 24 heavy (non-hydrogen) atoms. The molecule has 0 radical (unpaired) electrons. The van der Waals surface area contributed by atoms with Crippen molar-refractivity contribution < 1.29 is 14.6 Å². The van der Waals surface area contributed by atoms with Crippen LogP contribution in [0.2, 0.25) is 0 Å². The molecular weight excluding hydrogens is 302 g/mol. The number of aliphatic hydroxyl groups is 1. The van der Waals surface area contributed by atoms with Crippen LogP contribution in [0.15, 0.2) is 24.3 Å². The van der Waals surface area contributed by atoms with Crippen molar-refractivity contribution in [3.63, 3.8) is 0 Å². The highest BCUT2D eigenvalue weighted by Crippen LogP contribution is 2.43. The van der Waals surface area contributed by atoms with Crippen LogP contribution >= 0.6 is 0 Å². The monoisotopic (exact) mass is 333 g/mol. The van der Waals surface area contributed by atoms with Crippen molar-refractivity contribution in [2.24, 2.45) is 5.41 Å². The van der Waals surface area contributed by atoms with Crippen molar-refractivity contribution in [3.05, 3.63) is 35.4 Å². The van der Waals surface area contributed by atoms with E-state index in [9.17, 15) is 5.11 Å². The second kappa shape index (κ2) is 7.96. The first-order valence-electron chi connectivity index (χ1n) is 9.25. The molecule has 4 heteroatoms. The van der Waals surface area contributed by atoms with Gasteiger partial charge < -0.3 is 19.9 Å². The predicted octanol–water partition coefficient (Wildman–Crippen LogP) is 2.85. The smallest absolute Gasteiger partial charge is 0.0898 e. The minimum atomic E-state index is -0.474. The fourth-order valence-corrected chi connectivity index (χ4v) is 3.85. The summed E-state index contributed by atoms with van der Waals surface area (Å²) in [5.74, 6) is 0. The van der Waals surface area contributed by atoms with E-state index >= 15 is 0 Å². The third kappa shape index (κ3) is 4.37. The van der Waals surface area contributed by atoms with Crippen molar-refractivity contribution >= 4 is 0 Å². The summed E-state index contributed by atoms with van der Waals surface area (Å²) in [5, 5.41) is 13.9. The second-order valence-corrected chi connectivity index (χ2v) is 7.83. The molecule has 1 aromatic rings. The highest BCUT2D eigenvalue weighted by Gasteiger charge is 2.35. The van der Waals surface area contributed by atoms with E-state index < -0.39 is 6.10 Å². The van der Waals surface area contributed by atoms with E-state index in [4.69, 9.17) is 9.47 Å². The lowest BCUT2D eigenvalue weighted by atomic mass is 9.70. The maximum absolute atomic E-state index is 10.3. The summed E-state index contributed by atoms with van der Waals surface area (Å²) >= 11 is 0. The summed E-state index contributed by atoms with van der Waals surface area (Å²) in [6.45, 7) is 7.12. The molecule has 2 aliphatic rings. The third-order valence-electron chi connectivity index (χ3n) is 5.44. The summed E-state index contributed by atoms with van der Waals surface area (Å²) in [6, 6.07) is 8.95. The first-order chi connectivity index (χ1) is 11.6. The van der Waals surface area contributed by atoms with Gasteiger partial charge in [-0.15, -0.1) is 0 Å². The summed E-state index contributed by atoms with van der Waals surface area (Å²) < 4.78 is 11.2. The lowest BCUT2D eigenvalue weighted by Gasteiger charge is -2.41. The number of aliphatic hydroxyl groups excluding tert-OH is 1. The molecule has 4 nitrogen and oxygen atoms in total. The number of rotatable bonds is 6. The van der Waals surface area contributed by atoms with Gasteiger partial charge in [0.15, 0.2) is 0 Å². The molecule has 0 spiro atoms. The highest BCUT2D eigenvalue weighted by molar-refractivity contribution is 5.34. The molecule has 1 aromatic carbocycles. The first-order valence-corrected chi connectivity index (χ1v) is 9.25. The zero-order valence-corrected chi connectivity index (χ0v) is 15.0. The van der Waals surface area contributed by atoms with E-state index in [0.29, 0.717) is 13.2 Å². The van der Waals surface area contributed by atoms with Crippen molar-refractivity contribution in [3.8, 4) is 0 Å². The van der Waals surface area contributed by atoms with Gasteiger partial charge in [-0.3, -0.25) is 0 Å². The van der Waals surface area contributed by atoms with Crippen LogP contribution < -0.4 is 5.32 Å². The van der Waals surface area contributed by atoms with E-state index in [1.807, 2.05) is 0 Å². The number of hydrogen-bond acceptors (Lipinski definition) is 4. The average Bonchev–Trinajstić information content (AvgIpc) is 2.59. The number of fused-ring (bicyclic) bond motifs is 1. The Hall–Kier alpha value is -0.940. The second-order valence-electron chi connectivity index (χ2n) is 7.83. The Bertz CT molecular complexity index is 525.